The van der Waals surface area contributed by atoms with Gasteiger partial charge in [0, 0.05) is 47.4 Å². The highest BCUT2D eigenvalue weighted by molar-refractivity contribution is 9.10. The fraction of sp³-hybridized carbons (Fsp3) is 0.304. The van der Waals surface area contributed by atoms with Gasteiger partial charge in [-0.05, 0) is 121 Å². The molecule has 3 aromatic carbocycles. The first-order chi connectivity index (χ1) is 32.3. The van der Waals surface area contributed by atoms with E-state index in [1.165, 1.54) is 16.8 Å². The summed E-state index contributed by atoms with van der Waals surface area (Å²) >= 11 is 4.14. The zero-order valence-electron chi connectivity index (χ0n) is 36.1. The van der Waals surface area contributed by atoms with Crippen molar-refractivity contribution in [1.29, 1.82) is 0 Å². The van der Waals surface area contributed by atoms with Gasteiger partial charge >= 0.3 is 12.4 Å². The van der Waals surface area contributed by atoms with E-state index in [0.29, 0.717) is 44.0 Å². The summed E-state index contributed by atoms with van der Waals surface area (Å²) in [6.07, 6.45) is -3.50. The van der Waals surface area contributed by atoms with Crippen LogP contribution >= 0.6 is 27.7 Å². The van der Waals surface area contributed by atoms with Crippen LogP contribution in [0.3, 0.4) is 0 Å². The summed E-state index contributed by atoms with van der Waals surface area (Å²) in [4.78, 5) is 33.5. The molecule has 9 rings (SSSR count). The quantitative estimate of drug-likeness (QED) is 0.0783. The number of amides is 2. The Hall–Kier alpha value is -6.29. The molecule has 2 saturated carbocycles. The molecule has 0 radical (unpaired) electrons. The number of benzene rings is 3. The molecule has 68 heavy (non-hydrogen) atoms. The molecular weight excluding hydrogens is 989 g/mol. The number of anilines is 2. The number of carbonyl (C=O) groups is 2. The third kappa shape index (κ3) is 12.0. The maximum absolute atomic E-state index is 14.3. The molecule has 0 saturated heterocycles. The van der Waals surface area contributed by atoms with Gasteiger partial charge in [-0.3, -0.25) is 9.59 Å². The second kappa shape index (κ2) is 19.7. The molecule has 356 valence electrons. The average Bonchev–Trinajstić information content (AvgIpc) is 4.18. The van der Waals surface area contributed by atoms with Gasteiger partial charge in [0.2, 0.25) is 0 Å². The molecule has 0 bridgehead atoms. The number of nitrogens with one attached hydrogen (secondary N) is 4. The monoisotopic (exact) mass is 1030 g/mol. The van der Waals surface area contributed by atoms with E-state index in [1.54, 1.807) is 48.0 Å². The Morgan fingerprint density at radius 1 is 0.676 bits per heavy atom. The van der Waals surface area contributed by atoms with Gasteiger partial charge < -0.3 is 21.3 Å². The molecule has 22 heteroatoms. The Balaban J connectivity index is 0.000000189. The zero-order valence-corrected chi connectivity index (χ0v) is 38.5. The number of halogens is 9. The Kier molecular flexibility index (Phi) is 14.0. The fourth-order valence-electron chi connectivity index (χ4n) is 7.07. The van der Waals surface area contributed by atoms with Gasteiger partial charge in [0.05, 0.1) is 52.9 Å². The minimum absolute atomic E-state index is 0.0263. The lowest BCUT2D eigenvalue weighted by atomic mass is 10.0. The summed E-state index contributed by atoms with van der Waals surface area (Å²) in [5, 5.41) is 20.6. The molecule has 0 unspecified atom stereocenters. The summed E-state index contributed by atoms with van der Waals surface area (Å²) in [7, 11) is 0. The molecular formula is C46H41BrF8N10O2S. The first-order valence-electron chi connectivity index (χ1n) is 21.3. The molecule has 2 amide bonds. The van der Waals surface area contributed by atoms with Crippen LogP contribution in [0.5, 0.6) is 0 Å². The highest BCUT2D eigenvalue weighted by Gasteiger charge is 2.29. The van der Waals surface area contributed by atoms with Crippen molar-refractivity contribution < 1.29 is 44.7 Å². The first-order valence-corrected chi connectivity index (χ1v) is 22.9. The molecule has 12 nitrogen and oxygen atoms in total. The van der Waals surface area contributed by atoms with Gasteiger partial charge in [0.1, 0.15) is 21.3 Å². The van der Waals surface area contributed by atoms with E-state index in [2.05, 4.69) is 57.4 Å². The van der Waals surface area contributed by atoms with E-state index in [-0.39, 0.29) is 51.7 Å². The molecule has 2 aliphatic rings. The lowest BCUT2D eigenvalue weighted by Gasteiger charge is -2.13. The van der Waals surface area contributed by atoms with Crippen LogP contribution in [-0.2, 0) is 0 Å². The predicted molar refractivity (Wildman–Crippen MR) is 244 cm³/mol. The summed E-state index contributed by atoms with van der Waals surface area (Å²) < 4.78 is 107. The van der Waals surface area contributed by atoms with Crippen LogP contribution < -0.4 is 21.3 Å². The second-order valence-corrected chi connectivity index (χ2v) is 18.2. The van der Waals surface area contributed by atoms with Crippen LogP contribution in [0.15, 0.2) is 93.6 Å². The molecule has 4 heterocycles. The fourth-order valence-corrected chi connectivity index (χ4v) is 8.32. The number of nitrogens with zero attached hydrogens (tertiary/aromatic N) is 6. The molecule has 0 aliphatic heterocycles. The third-order valence-corrected chi connectivity index (χ3v) is 12.1. The number of fused-ring (bicyclic) bond motifs is 2. The molecule has 4 N–H and O–H groups in total. The van der Waals surface area contributed by atoms with Crippen molar-refractivity contribution in [3.05, 3.63) is 118 Å². The number of alkyl halides is 6. The van der Waals surface area contributed by atoms with E-state index in [0.717, 1.165) is 72.3 Å². The van der Waals surface area contributed by atoms with E-state index in [9.17, 15) is 44.7 Å². The standard InChI is InChI=1S/C26H22F5N5OS.C20H19BrF3N5O/c1-14-10-15(2-6-18(14)25(37)34-17-4-5-17)21-13-33-24-20(32-9-8-26(29,30)31)12-23(35-36(21)24)38-22-11-16(27)3-7-19(22)28;1-11-8-12(2-5-14(11)19(30)27-13-3-4-13)16-10-26-18-15(9-17(21)28-29(16)18)25-7-6-20(22,23)24/h2-3,6-7,10-13,17,32H,4-5,8-9H2,1H3,(H,34,37);2,5,8-10,13,25H,3-4,6-7H2,1H3,(H,27,30). The molecule has 0 atom stereocenters. The molecule has 2 aliphatic carbocycles. The van der Waals surface area contributed by atoms with Crippen molar-refractivity contribution in [2.75, 3.05) is 23.7 Å². The maximum atomic E-state index is 14.3. The van der Waals surface area contributed by atoms with Crippen molar-refractivity contribution >= 4 is 62.2 Å². The third-order valence-electron chi connectivity index (χ3n) is 10.8. The Morgan fingerprint density at radius 2 is 1.16 bits per heavy atom. The molecule has 0 spiro atoms. The van der Waals surface area contributed by atoms with E-state index in [1.807, 2.05) is 19.1 Å². The Labute approximate surface area is 395 Å². The van der Waals surface area contributed by atoms with Crippen molar-refractivity contribution in [2.24, 2.45) is 0 Å². The molecule has 4 aromatic heterocycles. The van der Waals surface area contributed by atoms with E-state index >= 15 is 0 Å². The van der Waals surface area contributed by atoms with Crippen LogP contribution in [0, 0.1) is 25.5 Å². The van der Waals surface area contributed by atoms with Crippen molar-refractivity contribution in [2.45, 2.75) is 86.7 Å². The summed E-state index contributed by atoms with van der Waals surface area (Å²) in [5.41, 5.74) is 6.74. The second-order valence-electron chi connectivity index (χ2n) is 16.4. The average molecular weight is 1030 g/mol. The van der Waals surface area contributed by atoms with Gasteiger partial charge in [-0.15, -0.1) is 0 Å². The maximum Gasteiger partial charge on any atom is 0.390 e. The minimum atomic E-state index is -4.36. The topological polar surface area (TPSA) is 143 Å². The number of imidazole rings is 2. The van der Waals surface area contributed by atoms with Gasteiger partial charge in [0.15, 0.2) is 11.3 Å². The first kappa shape index (κ1) is 48.2. The number of aryl methyl sites for hydroxylation is 2. The summed E-state index contributed by atoms with van der Waals surface area (Å²) in [6.45, 7) is 3.00. The van der Waals surface area contributed by atoms with Gasteiger partial charge in [-0.25, -0.2) is 27.8 Å². The van der Waals surface area contributed by atoms with Crippen LogP contribution in [-0.4, -0.2) is 78.5 Å². The Bertz CT molecular complexity index is 3020. The SMILES string of the molecule is Cc1cc(-c2cnc3c(NCCC(F)(F)F)cc(Br)nn23)ccc1C(=O)NC1CC1.Cc1cc(-c2cnc3c(NCCC(F)(F)F)cc(Sc4cc(F)ccc4F)nn23)ccc1C(=O)NC1CC1. The van der Waals surface area contributed by atoms with E-state index < -0.39 is 43.4 Å². The van der Waals surface area contributed by atoms with Crippen molar-refractivity contribution in [1.82, 2.24) is 39.8 Å². The number of rotatable bonds is 14. The highest BCUT2D eigenvalue weighted by Crippen LogP contribution is 2.35. The highest BCUT2D eigenvalue weighted by atomic mass is 79.9. The largest absolute Gasteiger partial charge is 0.390 e. The van der Waals surface area contributed by atoms with Gasteiger partial charge in [-0.1, -0.05) is 23.9 Å². The predicted octanol–water partition coefficient (Wildman–Crippen LogP) is 11.1. The molecule has 2 fully saturated rings. The lowest BCUT2D eigenvalue weighted by molar-refractivity contribution is -0.132. The summed E-state index contributed by atoms with van der Waals surface area (Å²) in [6, 6.07) is 17.2. The Morgan fingerprint density at radius 3 is 1.63 bits per heavy atom. The smallest absolute Gasteiger partial charge is 0.382 e. The number of hydrogen-bond donors (Lipinski definition) is 4. The number of carbonyl (C=O) groups excluding carboxylic acids is 2. The van der Waals surface area contributed by atoms with E-state index in [4.69, 9.17) is 0 Å². The molecule has 7 aromatic rings. The minimum Gasteiger partial charge on any atom is -0.382 e. The summed E-state index contributed by atoms with van der Waals surface area (Å²) in [5.74, 6) is -1.54. The van der Waals surface area contributed by atoms with Crippen LogP contribution in [0.2, 0.25) is 0 Å². The normalized spacial score (nSPS) is 13.9. The van der Waals surface area contributed by atoms with Crippen LogP contribution in [0.25, 0.3) is 33.8 Å². The number of aromatic nitrogens is 6. The van der Waals surface area contributed by atoms with Crippen LogP contribution in [0.4, 0.5) is 46.5 Å². The van der Waals surface area contributed by atoms with Gasteiger partial charge in [0.25, 0.3) is 11.8 Å². The van der Waals surface area contributed by atoms with Gasteiger partial charge in [-0.2, -0.15) is 36.5 Å². The zero-order chi connectivity index (χ0) is 48.5. The van der Waals surface area contributed by atoms with Crippen molar-refractivity contribution in [3.8, 4) is 22.5 Å². The van der Waals surface area contributed by atoms with Crippen LogP contribution in [0.1, 0.15) is 70.4 Å². The number of hydrogen-bond acceptors (Lipinski definition) is 9. The lowest BCUT2D eigenvalue weighted by Crippen LogP contribution is -2.26. The van der Waals surface area contributed by atoms with Crippen molar-refractivity contribution in [3.63, 3.8) is 0 Å².